The Morgan fingerprint density at radius 3 is 2.67 bits per heavy atom. The third-order valence-corrected chi connectivity index (χ3v) is 4.15. The van der Waals surface area contributed by atoms with Crippen LogP contribution in [0.5, 0.6) is 0 Å². The van der Waals surface area contributed by atoms with E-state index in [9.17, 15) is 0 Å². The summed E-state index contributed by atoms with van der Waals surface area (Å²) in [4.78, 5) is 5.77. The number of hydrogen-bond acceptors (Lipinski definition) is 3. The quantitative estimate of drug-likeness (QED) is 0.907. The topological polar surface area (TPSA) is 24.9 Å². The minimum atomic E-state index is 0.508. The fourth-order valence-electron chi connectivity index (χ4n) is 2.24. The third-order valence-electron chi connectivity index (χ3n) is 3.19. The van der Waals surface area contributed by atoms with Crippen molar-refractivity contribution in [1.82, 2.24) is 10.3 Å². The van der Waals surface area contributed by atoms with Gasteiger partial charge in [-0.3, -0.25) is 0 Å². The van der Waals surface area contributed by atoms with E-state index in [0.29, 0.717) is 6.04 Å². The van der Waals surface area contributed by atoms with Crippen molar-refractivity contribution >= 4 is 11.8 Å². The van der Waals surface area contributed by atoms with Crippen molar-refractivity contribution in [2.45, 2.75) is 28.8 Å². The molecule has 2 heterocycles. The van der Waals surface area contributed by atoms with E-state index in [4.69, 9.17) is 0 Å². The molecule has 3 heteroatoms. The Balaban J connectivity index is 1.71. The molecule has 1 saturated heterocycles. The molecular formula is C15H16N2S. The van der Waals surface area contributed by atoms with Gasteiger partial charge in [-0.15, -0.1) is 0 Å². The molecule has 1 aromatic heterocycles. The van der Waals surface area contributed by atoms with Gasteiger partial charge >= 0.3 is 0 Å². The molecule has 2 aromatic rings. The Kier molecular flexibility index (Phi) is 3.62. The van der Waals surface area contributed by atoms with Crippen molar-refractivity contribution in [3.05, 3.63) is 54.2 Å². The zero-order valence-electron chi connectivity index (χ0n) is 10.2. The van der Waals surface area contributed by atoms with Crippen LogP contribution in [0.4, 0.5) is 0 Å². The highest BCUT2D eigenvalue weighted by Gasteiger charge is 2.16. The average molecular weight is 256 g/mol. The van der Waals surface area contributed by atoms with Gasteiger partial charge in [-0.2, -0.15) is 0 Å². The lowest BCUT2D eigenvalue weighted by Crippen LogP contribution is -2.12. The largest absolute Gasteiger partial charge is 0.310 e. The number of aromatic nitrogens is 1. The number of rotatable bonds is 3. The number of hydrogen-bond donors (Lipinski definition) is 1. The predicted octanol–water partition coefficient (Wildman–Crippen LogP) is 3.66. The van der Waals surface area contributed by atoms with Gasteiger partial charge in [0, 0.05) is 17.1 Å². The molecule has 92 valence electrons. The second kappa shape index (κ2) is 5.55. The van der Waals surface area contributed by atoms with Crippen molar-refractivity contribution in [2.75, 3.05) is 6.54 Å². The summed E-state index contributed by atoms with van der Waals surface area (Å²) in [5, 5.41) is 4.55. The zero-order valence-corrected chi connectivity index (χ0v) is 11.0. The first-order valence-corrected chi connectivity index (χ1v) is 7.16. The van der Waals surface area contributed by atoms with Crippen LogP contribution in [0.2, 0.25) is 0 Å². The molecule has 0 radical (unpaired) electrons. The van der Waals surface area contributed by atoms with E-state index in [2.05, 4.69) is 46.7 Å². The lowest BCUT2D eigenvalue weighted by atomic mass is 10.1. The van der Waals surface area contributed by atoms with Crippen molar-refractivity contribution in [3.63, 3.8) is 0 Å². The van der Waals surface area contributed by atoms with Gasteiger partial charge < -0.3 is 5.32 Å². The standard InChI is InChI=1S/C15H16N2S/c1-2-5-13(6-3-1)18-15-9-8-12(11-17-15)14-7-4-10-16-14/h1-3,5-6,8-9,11,14,16H,4,7,10H2/t14-/m0/s1. The molecule has 0 unspecified atom stereocenters. The fourth-order valence-corrected chi connectivity index (χ4v) is 3.01. The Labute approximate surface area is 112 Å². The molecule has 3 rings (SSSR count). The fraction of sp³-hybridized carbons (Fsp3) is 0.267. The van der Waals surface area contributed by atoms with Crippen molar-refractivity contribution in [1.29, 1.82) is 0 Å². The summed E-state index contributed by atoms with van der Waals surface area (Å²) in [6.45, 7) is 1.13. The minimum Gasteiger partial charge on any atom is -0.310 e. The van der Waals surface area contributed by atoms with Gasteiger partial charge in [-0.1, -0.05) is 36.0 Å². The molecule has 2 nitrogen and oxygen atoms in total. The van der Waals surface area contributed by atoms with E-state index in [1.165, 1.54) is 23.3 Å². The van der Waals surface area contributed by atoms with Crippen LogP contribution in [0.15, 0.2) is 58.6 Å². The summed E-state index contributed by atoms with van der Waals surface area (Å²) in [6.07, 6.45) is 4.51. The Morgan fingerprint density at radius 1 is 1.11 bits per heavy atom. The summed E-state index contributed by atoms with van der Waals surface area (Å²) in [7, 11) is 0. The Morgan fingerprint density at radius 2 is 2.00 bits per heavy atom. The lowest BCUT2D eigenvalue weighted by molar-refractivity contribution is 0.643. The van der Waals surface area contributed by atoms with Crippen LogP contribution in [0.3, 0.4) is 0 Å². The molecule has 1 aromatic carbocycles. The van der Waals surface area contributed by atoms with E-state index in [1.807, 2.05) is 12.3 Å². The van der Waals surface area contributed by atoms with Crippen molar-refractivity contribution in [2.24, 2.45) is 0 Å². The first-order valence-electron chi connectivity index (χ1n) is 6.34. The normalized spacial score (nSPS) is 19.0. The van der Waals surface area contributed by atoms with E-state index in [0.717, 1.165) is 11.6 Å². The van der Waals surface area contributed by atoms with Crippen molar-refractivity contribution < 1.29 is 0 Å². The molecule has 1 fully saturated rings. The van der Waals surface area contributed by atoms with E-state index in [-0.39, 0.29) is 0 Å². The smallest absolute Gasteiger partial charge is 0.101 e. The summed E-state index contributed by atoms with van der Waals surface area (Å²) in [6, 6.07) is 15.2. The highest BCUT2D eigenvalue weighted by atomic mass is 32.2. The summed E-state index contributed by atoms with van der Waals surface area (Å²) in [5.74, 6) is 0. The third kappa shape index (κ3) is 2.74. The Bertz CT molecular complexity index is 490. The first kappa shape index (κ1) is 11.8. The summed E-state index contributed by atoms with van der Waals surface area (Å²) < 4.78 is 0. The Hall–Kier alpha value is -1.32. The number of nitrogens with zero attached hydrogens (tertiary/aromatic N) is 1. The molecule has 1 aliphatic rings. The molecule has 0 spiro atoms. The molecule has 0 saturated carbocycles. The number of pyridine rings is 1. The van der Waals surface area contributed by atoms with Gasteiger partial charge in [0.2, 0.25) is 0 Å². The van der Waals surface area contributed by atoms with Crippen LogP contribution in [-0.4, -0.2) is 11.5 Å². The first-order chi connectivity index (χ1) is 8.92. The van der Waals surface area contributed by atoms with E-state index >= 15 is 0 Å². The molecule has 1 aliphatic heterocycles. The minimum absolute atomic E-state index is 0.508. The van der Waals surface area contributed by atoms with Gasteiger partial charge in [0.05, 0.1) is 0 Å². The van der Waals surface area contributed by atoms with Crippen LogP contribution < -0.4 is 5.32 Å². The number of nitrogens with one attached hydrogen (secondary N) is 1. The van der Waals surface area contributed by atoms with Crippen molar-refractivity contribution in [3.8, 4) is 0 Å². The highest BCUT2D eigenvalue weighted by Crippen LogP contribution is 2.28. The SMILES string of the molecule is c1ccc(Sc2ccc([C@@H]3CCCN3)cn2)cc1. The monoisotopic (exact) mass is 256 g/mol. The van der Waals surface area contributed by atoms with Gasteiger partial charge in [-0.05, 0) is 43.1 Å². The zero-order chi connectivity index (χ0) is 12.2. The van der Waals surface area contributed by atoms with Crippen LogP contribution in [0.25, 0.3) is 0 Å². The maximum atomic E-state index is 4.54. The maximum Gasteiger partial charge on any atom is 0.101 e. The molecular weight excluding hydrogens is 240 g/mol. The lowest BCUT2D eigenvalue weighted by Gasteiger charge is -2.10. The highest BCUT2D eigenvalue weighted by molar-refractivity contribution is 7.99. The van der Waals surface area contributed by atoms with Crippen LogP contribution in [0.1, 0.15) is 24.4 Å². The molecule has 1 N–H and O–H groups in total. The second-order valence-corrected chi connectivity index (χ2v) is 5.59. The van der Waals surface area contributed by atoms with Gasteiger partial charge in [0.25, 0.3) is 0 Å². The molecule has 0 amide bonds. The average Bonchev–Trinajstić information content (AvgIpc) is 2.95. The molecule has 1 atom stereocenters. The maximum absolute atomic E-state index is 4.54. The van der Waals surface area contributed by atoms with Crippen LogP contribution >= 0.6 is 11.8 Å². The van der Waals surface area contributed by atoms with E-state index < -0.39 is 0 Å². The van der Waals surface area contributed by atoms with Crippen LogP contribution in [-0.2, 0) is 0 Å². The van der Waals surface area contributed by atoms with Gasteiger partial charge in [-0.25, -0.2) is 4.98 Å². The summed E-state index contributed by atoms with van der Waals surface area (Å²) in [5.41, 5.74) is 1.31. The molecule has 0 aliphatic carbocycles. The summed E-state index contributed by atoms with van der Waals surface area (Å²) >= 11 is 1.71. The molecule has 0 bridgehead atoms. The van der Waals surface area contributed by atoms with Crippen LogP contribution in [0, 0.1) is 0 Å². The van der Waals surface area contributed by atoms with Gasteiger partial charge in [0.1, 0.15) is 5.03 Å². The number of benzene rings is 1. The second-order valence-electron chi connectivity index (χ2n) is 4.49. The van der Waals surface area contributed by atoms with Gasteiger partial charge in [0.15, 0.2) is 0 Å². The predicted molar refractivity (Wildman–Crippen MR) is 74.8 cm³/mol. The van der Waals surface area contributed by atoms with E-state index in [1.54, 1.807) is 11.8 Å². The molecule has 18 heavy (non-hydrogen) atoms.